The average molecular weight is 318 g/mol. The number of pyridine rings is 1. The maximum absolute atomic E-state index is 12.9. The zero-order valence-electron chi connectivity index (χ0n) is 12.3. The second-order valence-electron chi connectivity index (χ2n) is 5.51. The fourth-order valence-electron chi connectivity index (χ4n) is 2.82. The van der Waals surface area contributed by atoms with Crippen LogP contribution in [0.15, 0.2) is 47.6 Å². The van der Waals surface area contributed by atoms with Crippen molar-refractivity contribution in [2.24, 2.45) is 0 Å². The van der Waals surface area contributed by atoms with Crippen LogP contribution in [0.5, 0.6) is 5.75 Å². The van der Waals surface area contributed by atoms with Crippen LogP contribution in [0.3, 0.4) is 0 Å². The number of aromatic nitrogens is 1. The van der Waals surface area contributed by atoms with Crippen molar-refractivity contribution in [3.05, 3.63) is 53.9 Å². The molecule has 1 aliphatic rings. The Kier molecular flexibility index (Phi) is 3.88. The Morgan fingerprint density at radius 3 is 2.82 bits per heavy atom. The van der Waals surface area contributed by atoms with Crippen LogP contribution in [0.2, 0.25) is 0 Å². The first-order valence-electron chi connectivity index (χ1n) is 7.21. The topological polar surface area (TPSA) is 70.5 Å². The van der Waals surface area contributed by atoms with Crippen molar-refractivity contribution in [3.8, 4) is 5.75 Å². The van der Waals surface area contributed by atoms with Gasteiger partial charge in [0.2, 0.25) is 10.0 Å². The third-order valence-electron chi connectivity index (χ3n) is 4.06. The summed E-state index contributed by atoms with van der Waals surface area (Å²) in [4.78, 5) is 4.21. The molecule has 0 radical (unpaired) electrons. The Morgan fingerprint density at radius 1 is 1.32 bits per heavy atom. The number of hydrogen-bond acceptors (Lipinski definition) is 4. The van der Waals surface area contributed by atoms with Gasteiger partial charge in [-0.25, -0.2) is 8.42 Å². The summed E-state index contributed by atoms with van der Waals surface area (Å²) in [6.45, 7) is 2.22. The van der Waals surface area contributed by atoms with E-state index in [2.05, 4.69) is 4.98 Å². The standard InChI is InChI=1S/C16H18N2O3S/c1-12-6-7-14(10-16(12)19)22(20,21)18-9-3-5-15(18)13-4-2-8-17-11-13/h2,4,6-8,10-11,15,19H,3,5,9H2,1H3. The number of aryl methyl sites for hydroxylation is 1. The normalized spacial score (nSPS) is 19.4. The summed E-state index contributed by atoms with van der Waals surface area (Å²) in [5.74, 6) is -0.00167. The van der Waals surface area contributed by atoms with Gasteiger partial charge in [0.15, 0.2) is 0 Å². The highest BCUT2D eigenvalue weighted by molar-refractivity contribution is 7.89. The Morgan fingerprint density at radius 2 is 2.14 bits per heavy atom. The van der Waals surface area contributed by atoms with Crippen molar-refractivity contribution < 1.29 is 13.5 Å². The van der Waals surface area contributed by atoms with Gasteiger partial charge in [0.25, 0.3) is 0 Å². The van der Waals surface area contributed by atoms with Gasteiger partial charge < -0.3 is 5.11 Å². The second kappa shape index (κ2) is 5.70. The summed E-state index contributed by atoms with van der Waals surface area (Å²) in [6, 6.07) is 8.01. The van der Waals surface area contributed by atoms with Crippen molar-refractivity contribution >= 4 is 10.0 Å². The van der Waals surface area contributed by atoms with Crippen molar-refractivity contribution in [1.29, 1.82) is 0 Å². The predicted molar refractivity (Wildman–Crippen MR) is 82.9 cm³/mol. The number of sulfonamides is 1. The molecule has 2 aromatic rings. The van der Waals surface area contributed by atoms with Crippen LogP contribution in [-0.2, 0) is 10.0 Å². The maximum atomic E-state index is 12.9. The van der Waals surface area contributed by atoms with Gasteiger partial charge in [-0.1, -0.05) is 12.1 Å². The van der Waals surface area contributed by atoms with Gasteiger partial charge in [-0.3, -0.25) is 4.98 Å². The fraction of sp³-hybridized carbons (Fsp3) is 0.312. The molecule has 0 saturated carbocycles. The number of phenolic OH excluding ortho intramolecular Hbond substituents is 1. The summed E-state index contributed by atoms with van der Waals surface area (Å²) in [5.41, 5.74) is 1.56. The van der Waals surface area contributed by atoms with Crippen LogP contribution in [-0.4, -0.2) is 29.4 Å². The number of benzene rings is 1. The van der Waals surface area contributed by atoms with E-state index in [1.165, 1.54) is 10.4 Å². The first-order chi connectivity index (χ1) is 10.5. The van der Waals surface area contributed by atoms with Gasteiger partial charge in [0, 0.05) is 25.0 Å². The van der Waals surface area contributed by atoms with E-state index in [9.17, 15) is 13.5 Å². The molecular weight excluding hydrogens is 300 g/mol. The highest BCUT2D eigenvalue weighted by Gasteiger charge is 2.36. The van der Waals surface area contributed by atoms with E-state index in [0.717, 1.165) is 18.4 Å². The van der Waals surface area contributed by atoms with E-state index in [-0.39, 0.29) is 16.7 Å². The predicted octanol–water partition coefficient (Wildman–Crippen LogP) is 2.62. The van der Waals surface area contributed by atoms with Gasteiger partial charge in [-0.2, -0.15) is 4.31 Å². The van der Waals surface area contributed by atoms with Crippen molar-refractivity contribution in [2.45, 2.75) is 30.7 Å². The molecule has 1 unspecified atom stereocenters. The lowest BCUT2D eigenvalue weighted by molar-refractivity contribution is 0.395. The monoisotopic (exact) mass is 318 g/mol. The summed E-state index contributed by atoms with van der Waals surface area (Å²) < 4.78 is 27.3. The molecule has 1 aliphatic heterocycles. The molecule has 1 aromatic heterocycles. The second-order valence-corrected chi connectivity index (χ2v) is 7.40. The van der Waals surface area contributed by atoms with Crippen LogP contribution < -0.4 is 0 Å². The van der Waals surface area contributed by atoms with Crippen LogP contribution in [0, 0.1) is 6.92 Å². The highest BCUT2D eigenvalue weighted by atomic mass is 32.2. The van der Waals surface area contributed by atoms with Gasteiger partial charge in [-0.15, -0.1) is 0 Å². The molecule has 0 spiro atoms. The fourth-order valence-corrected chi connectivity index (χ4v) is 4.52. The van der Waals surface area contributed by atoms with Crippen LogP contribution >= 0.6 is 0 Å². The Labute approximate surface area is 130 Å². The summed E-state index contributed by atoms with van der Waals surface area (Å²) >= 11 is 0. The lowest BCUT2D eigenvalue weighted by Crippen LogP contribution is -2.30. The molecule has 0 aliphatic carbocycles. The van der Waals surface area contributed by atoms with E-state index >= 15 is 0 Å². The first kappa shape index (κ1) is 15.0. The molecule has 1 N–H and O–H groups in total. The summed E-state index contributed by atoms with van der Waals surface area (Å²) in [6.07, 6.45) is 4.99. The number of nitrogens with zero attached hydrogens (tertiary/aromatic N) is 2. The molecule has 22 heavy (non-hydrogen) atoms. The van der Waals surface area contributed by atoms with E-state index in [1.807, 2.05) is 12.1 Å². The van der Waals surface area contributed by atoms with Crippen molar-refractivity contribution in [2.75, 3.05) is 6.54 Å². The number of rotatable bonds is 3. The molecule has 1 aromatic carbocycles. The van der Waals surface area contributed by atoms with Crippen LogP contribution in [0.4, 0.5) is 0 Å². The lowest BCUT2D eigenvalue weighted by atomic mass is 10.1. The Bertz CT molecular complexity index is 775. The molecular formula is C16H18N2O3S. The molecule has 1 atom stereocenters. The molecule has 1 fully saturated rings. The molecule has 3 rings (SSSR count). The zero-order valence-corrected chi connectivity index (χ0v) is 13.1. The minimum atomic E-state index is -3.63. The van der Waals surface area contributed by atoms with Gasteiger partial charge in [-0.05, 0) is 43.0 Å². The van der Waals surface area contributed by atoms with Crippen LogP contribution in [0.25, 0.3) is 0 Å². The van der Waals surface area contributed by atoms with E-state index < -0.39 is 10.0 Å². The molecule has 1 saturated heterocycles. The Balaban J connectivity index is 1.99. The minimum absolute atomic E-state index is 0.00167. The molecule has 116 valence electrons. The largest absolute Gasteiger partial charge is 0.508 e. The van der Waals surface area contributed by atoms with Gasteiger partial charge >= 0.3 is 0 Å². The molecule has 6 heteroatoms. The van der Waals surface area contributed by atoms with Gasteiger partial charge in [0.1, 0.15) is 5.75 Å². The molecule has 2 heterocycles. The SMILES string of the molecule is Cc1ccc(S(=O)(=O)N2CCCC2c2cccnc2)cc1O. The smallest absolute Gasteiger partial charge is 0.243 e. The molecule has 0 amide bonds. The minimum Gasteiger partial charge on any atom is -0.508 e. The number of hydrogen-bond donors (Lipinski definition) is 1. The molecule has 5 nitrogen and oxygen atoms in total. The Hall–Kier alpha value is -1.92. The van der Waals surface area contributed by atoms with Crippen molar-refractivity contribution in [3.63, 3.8) is 0 Å². The highest BCUT2D eigenvalue weighted by Crippen LogP contribution is 2.36. The number of aromatic hydroxyl groups is 1. The van der Waals surface area contributed by atoms with E-state index in [1.54, 1.807) is 31.5 Å². The average Bonchev–Trinajstić information content (AvgIpc) is 3.01. The third-order valence-corrected chi connectivity index (χ3v) is 5.96. The molecule has 0 bridgehead atoms. The summed E-state index contributed by atoms with van der Waals surface area (Å²) in [5, 5.41) is 9.80. The quantitative estimate of drug-likeness (QED) is 0.944. The van der Waals surface area contributed by atoms with E-state index in [0.29, 0.717) is 12.1 Å². The van der Waals surface area contributed by atoms with E-state index in [4.69, 9.17) is 0 Å². The van der Waals surface area contributed by atoms with Crippen molar-refractivity contribution in [1.82, 2.24) is 9.29 Å². The maximum Gasteiger partial charge on any atom is 0.243 e. The lowest BCUT2D eigenvalue weighted by Gasteiger charge is -2.24. The number of phenols is 1. The third kappa shape index (κ3) is 2.60. The summed E-state index contributed by atoms with van der Waals surface area (Å²) in [7, 11) is -3.63. The zero-order chi connectivity index (χ0) is 15.7. The van der Waals surface area contributed by atoms with Gasteiger partial charge in [0.05, 0.1) is 10.9 Å². The van der Waals surface area contributed by atoms with Crippen LogP contribution in [0.1, 0.15) is 30.0 Å². The first-order valence-corrected chi connectivity index (χ1v) is 8.65.